The lowest BCUT2D eigenvalue weighted by molar-refractivity contribution is 0.0696. The SMILES string of the molecule is Cc1nn2c(CNc3ccc(C(=O)N(C)C4CCCCC4)cc3)c(C)nc2s1. The Morgan fingerprint density at radius 3 is 2.64 bits per heavy atom. The van der Waals surface area contributed by atoms with E-state index in [4.69, 9.17) is 0 Å². The molecule has 3 aromatic rings. The summed E-state index contributed by atoms with van der Waals surface area (Å²) in [6.07, 6.45) is 5.99. The van der Waals surface area contributed by atoms with Gasteiger partial charge in [0.2, 0.25) is 4.96 Å². The lowest BCUT2D eigenvalue weighted by Gasteiger charge is -2.31. The number of hydrogen-bond acceptors (Lipinski definition) is 5. The van der Waals surface area contributed by atoms with Gasteiger partial charge >= 0.3 is 0 Å². The average Bonchev–Trinajstić information content (AvgIpc) is 3.21. The summed E-state index contributed by atoms with van der Waals surface area (Å²) in [5.41, 5.74) is 3.79. The van der Waals surface area contributed by atoms with Gasteiger partial charge in [-0.3, -0.25) is 4.79 Å². The van der Waals surface area contributed by atoms with Gasteiger partial charge in [0.1, 0.15) is 5.01 Å². The zero-order valence-corrected chi connectivity index (χ0v) is 17.6. The molecule has 0 atom stereocenters. The molecule has 1 fully saturated rings. The van der Waals surface area contributed by atoms with Gasteiger partial charge in [0.15, 0.2) is 0 Å². The van der Waals surface area contributed by atoms with Crippen LogP contribution in [0.15, 0.2) is 24.3 Å². The van der Waals surface area contributed by atoms with E-state index in [0.717, 1.165) is 45.4 Å². The van der Waals surface area contributed by atoms with Crippen molar-refractivity contribution in [2.75, 3.05) is 12.4 Å². The Morgan fingerprint density at radius 2 is 1.93 bits per heavy atom. The molecule has 0 unspecified atom stereocenters. The number of nitrogens with zero attached hydrogens (tertiary/aromatic N) is 4. The highest BCUT2D eigenvalue weighted by molar-refractivity contribution is 7.16. The molecule has 0 radical (unpaired) electrons. The van der Waals surface area contributed by atoms with Gasteiger partial charge in [-0.1, -0.05) is 30.6 Å². The van der Waals surface area contributed by atoms with Crippen LogP contribution in [-0.4, -0.2) is 38.5 Å². The van der Waals surface area contributed by atoms with Crippen LogP contribution in [0, 0.1) is 13.8 Å². The standard InChI is InChI=1S/C21H27N5OS/c1-14-19(26-21(23-14)28-15(2)24-26)13-22-17-11-9-16(10-12-17)20(27)25(3)18-7-5-4-6-8-18/h9-12,18,22H,4-8,13H2,1-3H3. The number of fused-ring (bicyclic) bond motifs is 1. The predicted octanol–water partition coefficient (Wildman–Crippen LogP) is 4.42. The number of carbonyl (C=O) groups is 1. The van der Waals surface area contributed by atoms with E-state index in [2.05, 4.69) is 15.4 Å². The molecule has 1 aromatic carbocycles. The Kier molecular flexibility index (Phi) is 5.35. The van der Waals surface area contributed by atoms with Crippen LogP contribution in [0.2, 0.25) is 0 Å². The summed E-state index contributed by atoms with van der Waals surface area (Å²) in [7, 11) is 1.94. The second-order valence-corrected chi connectivity index (χ2v) is 8.76. The second kappa shape index (κ2) is 7.91. The van der Waals surface area contributed by atoms with Crippen LogP contribution >= 0.6 is 11.3 Å². The summed E-state index contributed by atoms with van der Waals surface area (Å²) in [6, 6.07) is 8.16. The molecule has 4 rings (SSSR count). The number of aryl methyl sites for hydroxylation is 2. The van der Waals surface area contributed by atoms with E-state index in [1.165, 1.54) is 19.3 Å². The summed E-state index contributed by atoms with van der Waals surface area (Å²) in [5.74, 6) is 0.116. The molecule has 148 valence electrons. The van der Waals surface area contributed by atoms with E-state index in [-0.39, 0.29) is 5.91 Å². The van der Waals surface area contributed by atoms with Crippen molar-refractivity contribution in [3.05, 3.63) is 46.2 Å². The first-order valence-electron chi connectivity index (χ1n) is 9.95. The number of anilines is 1. The summed E-state index contributed by atoms with van der Waals surface area (Å²) < 4.78 is 1.92. The van der Waals surface area contributed by atoms with Crippen LogP contribution in [0.25, 0.3) is 4.96 Å². The molecule has 0 bridgehead atoms. The van der Waals surface area contributed by atoms with Crippen LogP contribution in [-0.2, 0) is 6.54 Å². The molecule has 0 aliphatic heterocycles. The highest BCUT2D eigenvalue weighted by atomic mass is 32.1. The quantitative estimate of drug-likeness (QED) is 0.692. The van der Waals surface area contributed by atoms with Crippen molar-refractivity contribution >= 4 is 27.9 Å². The van der Waals surface area contributed by atoms with Crippen molar-refractivity contribution in [2.45, 2.75) is 58.5 Å². The third kappa shape index (κ3) is 3.76. The molecular formula is C21H27N5OS. The topological polar surface area (TPSA) is 62.5 Å². The number of aromatic nitrogens is 3. The molecule has 28 heavy (non-hydrogen) atoms. The molecule has 1 N–H and O–H groups in total. The Bertz CT molecular complexity index is 969. The Balaban J connectivity index is 1.41. The van der Waals surface area contributed by atoms with Gasteiger partial charge in [-0.15, -0.1) is 0 Å². The van der Waals surface area contributed by atoms with Crippen molar-refractivity contribution in [2.24, 2.45) is 0 Å². The van der Waals surface area contributed by atoms with Crippen LogP contribution in [0.1, 0.15) is 58.9 Å². The van der Waals surface area contributed by atoms with E-state index in [0.29, 0.717) is 12.6 Å². The van der Waals surface area contributed by atoms with E-state index in [9.17, 15) is 4.79 Å². The third-order valence-corrected chi connectivity index (χ3v) is 6.46. The van der Waals surface area contributed by atoms with E-state index in [1.54, 1.807) is 11.3 Å². The molecule has 6 nitrogen and oxygen atoms in total. The number of carbonyl (C=O) groups excluding carboxylic acids is 1. The summed E-state index contributed by atoms with van der Waals surface area (Å²) in [6.45, 7) is 4.65. The minimum absolute atomic E-state index is 0.116. The maximum atomic E-state index is 12.8. The fraction of sp³-hybridized carbons (Fsp3) is 0.476. The Morgan fingerprint density at radius 1 is 1.21 bits per heavy atom. The zero-order valence-electron chi connectivity index (χ0n) is 16.7. The van der Waals surface area contributed by atoms with Crippen LogP contribution in [0.3, 0.4) is 0 Å². The van der Waals surface area contributed by atoms with Gasteiger partial charge in [-0.25, -0.2) is 9.50 Å². The van der Waals surface area contributed by atoms with Gasteiger partial charge in [0.25, 0.3) is 5.91 Å². The highest BCUT2D eigenvalue weighted by Crippen LogP contribution is 2.24. The molecule has 0 saturated heterocycles. The number of rotatable bonds is 5. The lowest BCUT2D eigenvalue weighted by atomic mass is 9.94. The summed E-state index contributed by atoms with van der Waals surface area (Å²) in [5, 5.41) is 8.96. The minimum Gasteiger partial charge on any atom is -0.379 e. The zero-order chi connectivity index (χ0) is 19.7. The predicted molar refractivity (Wildman–Crippen MR) is 113 cm³/mol. The van der Waals surface area contributed by atoms with Gasteiger partial charge in [0.05, 0.1) is 17.9 Å². The first kappa shape index (κ1) is 18.9. The second-order valence-electron chi connectivity index (χ2n) is 7.60. The van der Waals surface area contributed by atoms with Gasteiger partial charge in [0, 0.05) is 24.3 Å². The fourth-order valence-corrected chi connectivity index (χ4v) is 4.75. The number of amides is 1. The molecule has 1 saturated carbocycles. The highest BCUT2D eigenvalue weighted by Gasteiger charge is 2.22. The van der Waals surface area contributed by atoms with Crippen LogP contribution in [0.4, 0.5) is 5.69 Å². The number of benzene rings is 1. The van der Waals surface area contributed by atoms with E-state index >= 15 is 0 Å². The normalized spacial score (nSPS) is 15.1. The molecule has 7 heteroatoms. The average molecular weight is 398 g/mol. The molecule has 0 spiro atoms. The summed E-state index contributed by atoms with van der Waals surface area (Å²) in [4.78, 5) is 20.2. The number of hydrogen-bond donors (Lipinski definition) is 1. The number of imidazole rings is 1. The van der Waals surface area contributed by atoms with Crippen LogP contribution < -0.4 is 5.32 Å². The first-order valence-corrected chi connectivity index (χ1v) is 10.8. The molecule has 1 aliphatic carbocycles. The molecule has 2 aromatic heterocycles. The van der Waals surface area contributed by atoms with Gasteiger partial charge < -0.3 is 10.2 Å². The fourth-order valence-electron chi connectivity index (χ4n) is 3.94. The molecule has 1 amide bonds. The molecular weight excluding hydrogens is 370 g/mol. The van der Waals surface area contributed by atoms with E-state index in [1.807, 2.05) is 54.6 Å². The van der Waals surface area contributed by atoms with E-state index < -0.39 is 0 Å². The first-order chi connectivity index (χ1) is 13.5. The Labute approximate surface area is 169 Å². The maximum absolute atomic E-state index is 12.8. The van der Waals surface area contributed by atoms with Crippen molar-refractivity contribution in [1.29, 1.82) is 0 Å². The monoisotopic (exact) mass is 397 g/mol. The molecule has 2 heterocycles. The lowest BCUT2D eigenvalue weighted by Crippen LogP contribution is -2.38. The van der Waals surface area contributed by atoms with Gasteiger partial charge in [-0.05, 0) is 51.0 Å². The van der Waals surface area contributed by atoms with Crippen molar-refractivity contribution in [1.82, 2.24) is 19.5 Å². The summed E-state index contributed by atoms with van der Waals surface area (Å²) >= 11 is 1.60. The van der Waals surface area contributed by atoms with Crippen molar-refractivity contribution in [3.8, 4) is 0 Å². The minimum atomic E-state index is 0.116. The van der Waals surface area contributed by atoms with Crippen LogP contribution in [0.5, 0.6) is 0 Å². The maximum Gasteiger partial charge on any atom is 0.253 e. The number of nitrogens with one attached hydrogen (secondary N) is 1. The molecule has 1 aliphatic rings. The Hall–Kier alpha value is -2.41. The van der Waals surface area contributed by atoms with Crippen molar-refractivity contribution in [3.63, 3.8) is 0 Å². The smallest absolute Gasteiger partial charge is 0.253 e. The largest absolute Gasteiger partial charge is 0.379 e. The third-order valence-electron chi connectivity index (χ3n) is 5.63. The van der Waals surface area contributed by atoms with Gasteiger partial charge in [-0.2, -0.15) is 5.10 Å². The van der Waals surface area contributed by atoms with Crippen molar-refractivity contribution < 1.29 is 4.79 Å².